The first-order valence-electron chi connectivity index (χ1n) is 10.2. The Morgan fingerprint density at radius 3 is 2.26 bits per heavy atom. The summed E-state index contributed by atoms with van der Waals surface area (Å²) in [6, 6.07) is 13.2. The molecule has 0 saturated carbocycles. The number of amides is 3. The fourth-order valence-corrected chi connectivity index (χ4v) is 4.73. The Hall–Kier alpha value is -2.93. The summed E-state index contributed by atoms with van der Waals surface area (Å²) >= 11 is 6.38. The predicted molar refractivity (Wildman–Crippen MR) is 115 cm³/mol. The summed E-state index contributed by atoms with van der Waals surface area (Å²) in [6.45, 7) is 2.16. The van der Waals surface area contributed by atoms with Gasteiger partial charge in [-0.1, -0.05) is 29.8 Å². The maximum absolute atomic E-state index is 13.2. The number of likely N-dealkylation sites (tertiary alicyclic amines) is 1. The highest BCUT2D eigenvalue weighted by molar-refractivity contribution is 6.32. The van der Waals surface area contributed by atoms with Crippen LogP contribution in [-0.4, -0.2) is 60.7 Å². The number of piperazine rings is 1. The first kappa shape index (κ1) is 21.3. The van der Waals surface area contributed by atoms with Gasteiger partial charge in [0.1, 0.15) is 5.82 Å². The lowest BCUT2D eigenvalue weighted by Gasteiger charge is -2.37. The molecule has 1 atom stereocenters. The summed E-state index contributed by atoms with van der Waals surface area (Å²) in [7, 11) is 1.44. The van der Waals surface area contributed by atoms with Crippen molar-refractivity contribution in [3.63, 3.8) is 0 Å². The normalized spacial score (nSPS) is 21.7. The highest BCUT2D eigenvalue weighted by Crippen LogP contribution is 2.42. The van der Waals surface area contributed by atoms with Crippen LogP contribution in [0.15, 0.2) is 48.5 Å². The summed E-state index contributed by atoms with van der Waals surface area (Å²) in [5.74, 6) is -1.19. The highest BCUT2D eigenvalue weighted by atomic mass is 35.5. The number of likely N-dealkylation sites (N-methyl/N-ethyl adjacent to an activating group) is 1. The Balaban J connectivity index is 1.52. The smallest absolute Gasteiger partial charge is 0.240 e. The van der Waals surface area contributed by atoms with Gasteiger partial charge in [0.05, 0.1) is 5.41 Å². The fourth-order valence-electron chi connectivity index (χ4n) is 4.42. The summed E-state index contributed by atoms with van der Waals surface area (Å²) in [5.41, 5.74) is 0.131. The van der Waals surface area contributed by atoms with E-state index in [0.29, 0.717) is 36.8 Å². The molecule has 2 aromatic carbocycles. The van der Waals surface area contributed by atoms with Crippen molar-refractivity contribution in [2.45, 2.75) is 18.3 Å². The third kappa shape index (κ3) is 3.90. The Labute approximate surface area is 185 Å². The molecular weight excluding hydrogens is 421 g/mol. The zero-order valence-electron chi connectivity index (χ0n) is 17.2. The van der Waals surface area contributed by atoms with Gasteiger partial charge in [-0.05, 0) is 35.9 Å². The van der Waals surface area contributed by atoms with Crippen molar-refractivity contribution in [3.05, 3.63) is 64.9 Å². The van der Waals surface area contributed by atoms with Gasteiger partial charge in [-0.25, -0.2) is 4.39 Å². The topological polar surface area (TPSA) is 60.9 Å². The first-order valence-corrected chi connectivity index (χ1v) is 10.5. The molecule has 6 nitrogen and oxygen atoms in total. The fraction of sp³-hybridized carbons (Fsp3) is 0.348. The van der Waals surface area contributed by atoms with Crippen LogP contribution in [-0.2, 0) is 19.8 Å². The van der Waals surface area contributed by atoms with Crippen LogP contribution in [0.5, 0.6) is 0 Å². The number of carbonyl (C=O) groups excluding carboxylic acids is 3. The second-order valence-electron chi connectivity index (χ2n) is 8.02. The molecule has 8 heteroatoms. The van der Waals surface area contributed by atoms with Crippen molar-refractivity contribution < 1.29 is 18.8 Å². The van der Waals surface area contributed by atoms with E-state index in [2.05, 4.69) is 4.90 Å². The van der Waals surface area contributed by atoms with E-state index in [4.69, 9.17) is 11.6 Å². The SMILES string of the molecule is CN1C(=O)C[C@@](CC(=O)N2CCN(c3ccc(F)cc3)CC2)(c2ccccc2Cl)C1=O. The van der Waals surface area contributed by atoms with E-state index in [1.165, 1.54) is 19.2 Å². The number of rotatable bonds is 4. The zero-order valence-corrected chi connectivity index (χ0v) is 17.9. The van der Waals surface area contributed by atoms with Crippen LogP contribution < -0.4 is 4.90 Å². The van der Waals surface area contributed by atoms with E-state index in [1.54, 1.807) is 41.3 Å². The number of halogens is 2. The molecule has 2 aliphatic heterocycles. The van der Waals surface area contributed by atoms with E-state index in [-0.39, 0.29) is 30.5 Å². The minimum Gasteiger partial charge on any atom is -0.368 e. The van der Waals surface area contributed by atoms with Crippen LogP contribution in [0.4, 0.5) is 10.1 Å². The lowest BCUT2D eigenvalue weighted by Crippen LogP contribution is -2.51. The Bertz CT molecular complexity index is 1020. The van der Waals surface area contributed by atoms with Crippen molar-refractivity contribution >= 4 is 35.0 Å². The molecule has 162 valence electrons. The maximum Gasteiger partial charge on any atom is 0.240 e. The van der Waals surface area contributed by atoms with Crippen LogP contribution in [0.1, 0.15) is 18.4 Å². The van der Waals surface area contributed by atoms with Crippen molar-refractivity contribution in [2.24, 2.45) is 0 Å². The van der Waals surface area contributed by atoms with Crippen LogP contribution in [0.2, 0.25) is 5.02 Å². The molecule has 2 saturated heterocycles. The number of hydrogen-bond acceptors (Lipinski definition) is 4. The third-order valence-electron chi connectivity index (χ3n) is 6.21. The van der Waals surface area contributed by atoms with Crippen molar-refractivity contribution in [3.8, 4) is 0 Å². The Morgan fingerprint density at radius 1 is 1.03 bits per heavy atom. The first-order chi connectivity index (χ1) is 14.8. The van der Waals surface area contributed by atoms with E-state index in [0.717, 1.165) is 10.6 Å². The Kier molecular flexibility index (Phi) is 5.71. The summed E-state index contributed by atoms with van der Waals surface area (Å²) in [5, 5.41) is 0.368. The number of nitrogens with zero attached hydrogens (tertiary/aromatic N) is 3. The molecule has 2 heterocycles. The largest absolute Gasteiger partial charge is 0.368 e. The molecule has 0 N–H and O–H groups in total. The number of benzene rings is 2. The van der Waals surface area contributed by atoms with Gasteiger partial charge in [-0.2, -0.15) is 0 Å². The average molecular weight is 444 g/mol. The lowest BCUT2D eigenvalue weighted by atomic mass is 9.75. The lowest BCUT2D eigenvalue weighted by molar-refractivity contribution is -0.141. The molecule has 2 aromatic rings. The van der Waals surface area contributed by atoms with Crippen LogP contribution in [0.3, 0.4) is 0 Å². The van der Waals surface area contributed by atoms with Gasteiger partial charge in [0.15, 0.2) is 0 Å². The maximum atomic E-state index is 13.2. The third-order valence-corrected chi connectivity index (χ3v) is 6.54. The Morgan fingerprint density at radius 2 is 1.68 bits per heavy atom. The zero-order chi connectivity index (χ0) is 22.2. The van der Waals surface area contributed by atoms with Gasteiger partial charge in [0.2, 0.25) is 17.7 Å². The number of carbonyl (C=O) groups is 3. The van der Waals surface area contributed by atoms with Gasteiger partial charge in [-0.15, -0.1) is 0 Å². The minimum absolute atomic E-state index is 0.0760. The highest BCUT2D eigenvalue weighted by Gasteiger charge is 2.53. The molecule has 0 aromatic heterocycles. The second kappa shape index (κ2) is 8.30. The van der Waals surface area contributed by atoms with E-state index in [1.807, 2.05) is 0 Å². The average Bonchev–Trinajstić information content (AvgIpc) is 2.99. The van der Waals surface area contributed by atoms with Crippen molar-refractivity contribution in [1.82, 2.24) is 9.80 Å². The molecule has 3 amide bonds. The molecule has 0 radical (unpaired) electrons. The van der Waals surface area contributed by atoms with Crippen LogP contribution in [0.25, 0.3) is 0 Å². The second-order valence-corrected chi connectivity index (χ2v) is 8.42. The van der Waals surface area contributed by atoms with E-state index >= 15 is 0 Å². The van der Waals surface area contributed by atoms with Gasteiger partial charge in [-0.3, -0.25) is 19.3 Å². The van der Waals surface area contributed by atoms with Gasteiger partial charge >= 0.3 is 0 Å². The summed E-state index contributed by atoms with van der Waals surface area (Å²) in [4.78, 5) is 43.6. The quantitative estimate of drug-likeness (QED) is 0.682. The monoisotopic (exact) mass is 443 g/mol. The number of hydrogen-bond donors (Lipinski definition) is 0. The molecule has 0 bridgehead atoms. The van der Waals surface area contributed by atoms with Crippen molar-refractivity contribution in [1.29, 1.82) is 0 Å². The molecule has 0 spiro atoms. The molecule has 31 heavy (non-hydrogen) atoms. The van der Waals surface area contributed by atoms with E-state index in [9.17, 15) is 18.8 Å². The number of imide groups is 1. The van der Waals surface area contributed by atoms with Crippen LogP contribution >= 0.6 is 11.6 Å². The minimum atomic E-state index is -1.28. The van der Waals surface area contributed by atoms with Gasteiger partial charge in [0, 0.05) is 56.8 Å². The molecule has 0 aliphatic carbocycles. The molecular formula is C23H23ClFN3O3. The van der Waals surface area contributed by atoms with Crippen molar-refractivity contribution in [2.75, 3.05) is 38.1 Å². The molecule has 2 fully saturated rings. The van der Waals surface area contributed by atoms with E-state index < -0.39 is 11.3 Å². The number of anilines is 1. The standard InChI is InChI=1S/C23H23ClFN3O3/c1-26-20(29)14-23(22(26)31,18-4-2-3-5-19(18)24)15-21(30)28-12-10-27(11-13-28)17-8-6-16(25)7-9-17/h2-9H,10-15H2,1H3/t23-/m1/s1. The van der Waals surface area contributed by atoms with Gasteiger partial charge in [0.25, 0.3) is 0 Å². The summed E-state index contributed by atoms with van der Waals surface area (Å²) < 4.78 is 13.2. The molecule has 0 unspecified atom stereocenters. The summed E-state index contributed by atoms with van der Waals surface area (Å²) in [6.07, 6.45) is -0.185. The van der Waals surface area contributed by atoms with Gasteiger partial charge < -0.3 is 9.80 Å². The molecule has 4 rings (SSSR count). The molecule has 2 aliphatic rings. The van der Waals surface area contributed by atoms with Crippen LogP contribution in [0, 0.1) is 5.82 Å². The predicted octanol–water partition coefficient (Wildman–Crippen LogP) is 2.84.